The first kappa shape index (κ1) is 15.5. The van der Waals surface area contributed by atoms with Crippen LogP contribution in [0.1, 0.15) is 31.2 Å². The maximum atomic E-state index is 11.9. The van der Waals surface area contributed by atoms with Crippen LogP contribution in [0, 0.1) is 12.8 Å². The number of aliphatic carboxylic acids is 1. The number of amides is 1. The first-order valence-corrected chi connectivity index (χ1v) is 7.37. The monoisotopic (exact) mass is 290 g/mol. The Morgan fingerprint density at radius 3 is 2.57 bits per heavy atom. The number of rotatable bonds is 5. The molecule has 1 aromatic carbocycles. The van der Waals surface area contributed by atoms with Gasteiger partial charge in [-0.05, 0) is 50.3 Å². The highest BCUT2D eigenvalue weighted by Crippen LogP contribution is 2.24. The molecule has 114 valence electrons. The van der Waals surface area contributed by atoms with E-state index in [1.165, 1.54) is 0 Å². The third-order valence-electron chi connectivity index (χ3n) is 3.93. The molecule has 1 aliphatic carbocycles. The Hall–Kier alpha value is -1.88. The van der Waals surface area contributed by atoms with E-state index < -0.39 is 5.97 Å². The van der Waals surface area contributed by atoms with Gasteiger partial charge in [0.05, 0.1) is 12.5 Å². The van der Waals surface area contributed by atoms with Gasteiger partial charge >= 0.3 is 5.97 Å². The van der Waals surface area contributed by atoms with Crippen molar-refractivity contribution in [1.29, 1.82) is 0 Å². The second kappa shape index (κ2) is 7.22. The average Bonchev–Trinajstić information content (AvgIpc) is 2.45. The molecular weight excluding hydrogens is 268 g/mol. The standard InChI is InChI=1S/C16H22N2O3/c1-11-3-2-4-14(9-11)18-15(19)10-17-13-7-5-12(6-8-13)16(20)21/h2-4,9,12-13,17H,5-8,10H2,1H3,(H,18,19)(H,20,21). The minimum atomic E-state index is -0.703. The summed E-state index contributed by atoms with van der Waals surface area (Å²) in [6, 6.07) is 7.92. The zero-order valence-electron chi connectivity index (χ0n) is 12.3. The summed E-state index contributed by atoms with van der Waals surface area (Å²) in [7, 11) is 0. The molecule has 0 aromatic heterocycles. The molecule has 3 N–H and O–H groups in total. The van der Waals surface area contributed by atoms with Crippen molar-refractivity contribution in [2.75, 3.05) is 11.9 Å². The van der Waals surface area contributed by atoms with E-state index in [1.54, 1.807) is 0 Å². The Labute approximate surface area is 124 Å². The summed E-state index contributed by atoms with van der Waals surface area (Å²) < 4.78 is 0. The van der Waals surface area contributed by atoms with Gasteiger partial charge in [0, 0.05) is 11.7 Å². The zero-order valence-corrected chi connectivity index (χ0v) is 12.3. The lowest BCUT2D eigenvalue weighted by molar-refractivity contribution is -0.143. The van der Waals surface area contributed by atoms with E-state index in [4.69, 9.17) is 5.11 Å². The highest BCUT2D eigenvalue weighted by Gasteiger charge is 2.25. The summed E-state index contributed by atoms with van der Waals surface area (Å²) in [4.78, 5) is 22.7. The fourth-order valence-electron chi connectivity index (χ4n) is 2.71. The van der Waals surface area contributed by atoms with Crippen LogP contribution in [0.3, 0.4) is 0 Å². The molecule has 0 atom stereocenters. The van der Waals surface area contributed by atoms with Gasteiger partial charge in [0.25, 0.3) is 0 Å². The number of aryl methyl sites for hydroxylation is 1. The van der Waals surface area contributed by atoms with Crippen LogP contribution in [0.5, 0.6) is 0 Å². The van der Waals surface area contributed by atoms with Crippen LogP contribution >= 0.6 is 0 Å². The quantitative estimate of drug-likeness (QED) is 0.776. The molecule has 1 saturated carbocycles. The predicted octanol–water partition coefficient (Wildman–Crippen LogP) is 2.17. The minimum Gasteiger partial charge on any atom is -0.481 e. The van der Waals surface area contributed by atoms with Gasteiger partial charge in [0.1, 0.15) is 0 Å². The molecule has 2 rings (SSSR count). The Morgan fingerprint density at radius 2 is 1.95 bits per heavy atom. The highest BCUT2D eigenvalue weighted by atomic mass is 16.4. The van der Waals surface area contributed by atoms with Gasteiger partial charge in [0.2, 0.25) is 5.91 Å². The van der Waals surface area contributed by atoms with Crippen molar-refractivity contribution in [2.24, 2.45) is 5.92 Å². The van der Waals surface area contributed by atoms with Crippen molar-refractivity contribution in [3.63, 3.8) is 0 Å². The summed E-state index contributed by atoms with van der Waals surface area (Å²) in [5, 5.41) is 15.0. The molecule has 0 saturated heterocycles. The number of carbonyl (C=O) groups is 2. The lowest BCUT2D eigenvalue weighted by Gasteiger charge is -2.26. The topological polar surface area (TPSA) is 78.4 Å². The number of anilines is 1. The van der Waals surface area contributed by atoms with Crippen molar-refractivity contribution in [1.82, 2.24) is 5.32 Å². The number of nitrogens with one attached hydrogen (secondary N) is 2. The summed E-state index contributed by atoms with van der Waals surface area (Å²) >= 11 is 0. The third-order valence-corrected chi connectivity index (χ3v) is 3.93. The molecule has 1 fully saturated rings. The predicted molar refractivity (Wildman–Crippen MR) is 81.2 cm³/mol. The zero-order chi connectivity index (χ0) is 15.2. The molecule has 0 unspecified atom stereocenters. The van der Waals surface area contributed by atoms with Crippen LogP contribution in [0.4, 0.5) is 5.69 Å². The van der Waals surface area contributed by atoms with Crippen LogP contribution in [-0.2, 0) is 9.59 Å². The van der Waals surface area contributed by atoms with Gasteiger partial charge in [-0.3, -0.25) is 9.59 Å². The largest absolute Gasteiger partial charge is 0.481 e. The average molecular weight is 290 g/mol. The van der Waals surface area contributed by atoms with Crippen LogP contribution in [0.2, 0.25) is 0 Å². The van der Waals surface area contributed by atoms with Crippen molar-refractivity contribution in [3.8, 4) is 0 Å². The van der Waals surface area contributed by atoms with Gasteiger partial charge < -0.3 is 15.7 Å². The maximum absolute atomic E-state index is 11.9. The molecule has 5 nitrogen and oxygen atoms in total. The number of benzene rings is 1. The van der Waals surface area contributed by atoms with E-state index in [9.17, 15) is 9.59 Å². The van der Waals surface area contributed by atoms with Crippen LogP contribution in [0.15, 0.2) is 24.3 Å². The van der Waals surface area contributed by atoms with Gasteiger partial charge in [-0.1, -0.05) is 12.1 Å². The highest BCUT2D eigenvalue weighted by molar-refractivity contribution is 5.92. The molecule has 21 heavy (non-hydrogen) atoms. The Kier molecular flexibility index (Phi) is 5.33. The molecule has 1 amide bonds. The number of hydrogen-bond acceptors (Lipinski definition) is 3. The molecule has 0 heterocycles. The first-order valence-electron chi connectivity index (χ1n) is 7.37. The summed E-state index contributed by atoms with van der Waals surface area (Å²) in [6.45, 7) is 2.24. The Morgan fingerprint density at radius 1 is 1.24 bits per heavy atom. The fraction of sp³-hybridized carbons (Fsp3) is 0.500. The van der Waals surface area contributed by atoms with Crippen molar-refractivity contribution in [2.45, 2.75) is 38.6 Å². The van der Waals surface area contributed by atoms with E-state index in [1.807, 2.05) is 31.2 Å². The number of hydrogen-bond donors (Lipinski definition) is 3. The second-order valence-electron chi connectivity index (χ2n) is 5.69. The summed E-state index contributed by atoms with van der Waals surface area (Å²) in [5.41, 5.74) is 1.91. The molecule has 1 aliphatic rings. The molecule has 0 bridgehead atoms. The number of carbonyl (C=O) groups excluding carboxylic acids is 1. The lowest BCUT2D eigenvalue weighted by Crippen LogP contribution is -2.39. The van der Waals surface area contributed by atoms with Gasteiger partial charge in [-0.15, -0.1) is 0 Å². The Bertz CT molecular complexity index is 508. The van der Waals surface area contributed by atoms with E-state index in [-0.39, 0.29) is 24.4 Å². The molecule has 0 radical (unpaired) electrons. The first-order chi connectivity index (χ1) is 10.0. The van der Waals surface area contributed by atoms with Crippen molar-refractivity contribution >= 4 is 17.6 Å². The lowest BCUT2D eigenvalue weighted by atomic mass is 9.86. The van der Waals surface area contributed by atoms with E-state index >= 15 is 0 Å². The van der Waals surface area contributed by atoms with E-state index in [2.05, 4.69) is 10.6 Å². The van der Waals surface area contributed by atoms with E-state index in [0.717, 1.165) is 24.1 Å². The molecule has 0 spiro atoms. The van der Waals surface area contributed by atoms with E-state index in [0.29, 0.717) is 12.8 Å². The van der Waals surface area contributed by atoms with Crippen LogP contribution in [0.25, 0.3) is 0 Å². The van der Waals surface area contributed by atoms with Crippen molar-refractivity contribution < 1.29 is 14.7 Å². The number of carboxylic acid groups (broad SMARTS) is 1. The van der Waals surface area contributed by atoms with Crippen molar-refractivity contribution in [3.05, 3.63) is 29.8 Å². The third kappa shape index (κ3) is 4.86. The molecule has 1 aromatic rings. The Balaban J connectivity index is 1.71. The SMILES string of the molecule is Cc1cccc(NC(=O)CNC2CCC(C(=O)O)CC2)c1. The van der Waals surface area contributed by atoms with Crippen LogP contribution in [-0.4, -0.2) is 29.6 Å². The normalized spacial score (nSPS) is 21.8. The van der Waals surface area contributed by atoms with Gasteiger partial charge in [-0.25, -0.2) is 0 Å². The summed E-state index contributed by atoms with van der Waals surface area (Å²) in [6.07, 6.45) is 3.00. The van der Waals surface area contributed by atoms with Crippen LogP contribution < -0.4 is 10.6 Å². The maximum Gasteiger partial charge on any atom is 0.306 e. The smallest absolute Gasteiger partial charge is 0.306 e. The second-order valence-corrected chi connectivity index (χ2v) is 5.69. The molecular formula is C16H22N2O3. The summed E-state index contributed by atoms with van der Waals surface area (Å²) in [5.74, 6) is -0.990. The number of carboxylic acids is 1. The van der Waals surface area contributed by atoms with Gasteiger partial charge in [0.15, 0.2) is 0 Å². The minimum absolute atomic E-state index is 0.0686. The van der Waals surface area contributed by atoms with Gasteiger partial charge in [-0.2, -0.15) is 0 Å². The molecule has 0 aliphatic heterocycles. The molecule has 5 heteroatoms. The fourth-order valence-corrected chi connectivity index (χ4v) is 2.71.